The second kappa shape index (κ2) is 5.18. The van der Waals surface area contributed by atoms with Crippen LogP contribution in [0.1, 0.15) is 11.1 Å². The summed E-state index contributed by atoms with van der Waals surface area (Å²) < 4.78 is 4.98. The predicted molar refractivity (Wildman–Crippen MR) is 72.7 cm³/mol. The van der Waals surface area contributed by atoms with Gasteiger partial charge in [0.15, 0.2) is 0 Å². The second-order valence-corrected chi connectivity index (χ2v) is 4.79. The van der Waals surface area contributed by atoms with Crippen LogP contribution in [0.15, 0.2) is 47.3 Å². The van der Waals surface area contributed by atoms with Crippen LogP contribution < -0.4 is 10.6 Å². The van der Waals surface area contributed by atoms with Gasteiger partial charge in [-0.1, -0.05) is 18.2 Å². The molecule has 0 radical (unpaired) electrons. The van der Waals surface area contributed by atoms with E-state index in [1.54, 1.807) is 12.5 Å². The molecule has 19 heavy (non-hydrogen) atoms. The Kier molecular flexibility index (Phi) is 3.23. The number of nitrogens with one attached hydrogen (secondary N) is 2. The molecule has 0 fully saturated rings. The fourth-order valence-electron chi connectivity index (χ4n) is 2.35. The van der Waals surface area contributed by atoms with Gasteiger partial charge < -0.3 is 15.1 Å². The van der Waals surface area contributed by atoms with Crippen molar-refractivity contribution in [3.8, 4) is 0 Å². The third-order valence-electron chi connectivity index (χ3n) is 3.44. The lowest BCUT2D eigenvalue weighted by atomic mass is 9.93. The minimum absolute atomic E-state index is 0.0122. The van der Waals surface area contributed by atoms with Crippen molar-refractivity contribution in [1.82, 2.24) is 5.32 Å². The number of hydrogen-bond donors (Lipinski definition) is 2. The van der Waals surface area contributed by atoms with Crippen LogP contribution in [0.3, 0.4) is 0 Å². The summed E-state index contributed by atoms with van der Waals surface area (Å²) in [4.78, 5) is 12.1. The second-order valence-electron chi connectivity index (χ2n) is 4.79. The molecule has 1 aromatic heterocycles. The van der Waals surface area contributed by atoms with E-state index in [2.05, 4.69) is 22.8 Å². The average Bonchev–Trinajstić information content (AvgIpc) is 2.97. The van der Waals surface area contributed by atoms with Crippen LogP contribution in [0.2, 0.25) is 0 Å². The Balaban J connectivity index is 1.60. The summed E-state index contributed by atoms with van der Waals surface area (Å²) in [6.07, 6.45) is 4.05. The van der Waals surface area contributed by atoms with Crippen molar-refractivity contribution in [2.75, 3.05) is 11.9 Å². The van der Waals surface area contributed by atoms with Gasteiger partial charge in [0.25, 0.3) is 0 Å². The molecule has 1 atom stereocenters. The van der Waals surface area contributed by atoms with E-state index in [0.29, 0.717) is 13.1 Å². The Hall–Kier alpha value is -2.23. The number of carbonyl (C=O) groups excluding carboxylic acids is 1. The number of benzene rings is 1. The summed E-state index contributed by atoms with van der Waals surface area (Å²) in [5.41, 5.74) is 3.33. The highest BCUT2D eigenvalue weighted by Crippen LogP contribution is 2.24. The summed E-state index contributed by atoms with van der Waals surface area (Å²) in [7, 11) is 0. The van der Waals surface area contributed by atoms with Crippen LogP contribution in [-0.4, -0.2) is 12.5 Å². The first kappa shape index (κ1) is 11.8. The van der Waals surface area contributed by atoms with Crippen molar-refractivity contribution in [2.45, 2.75) is 13.0 Å². The van der Waals surface area contributed by atoms with Gasteiger partial charge in [0, 0.05) is 24.3 Å². The van der Waals surface area contributed by atoms with E-state index >= 15 is 0 Å². The number of para-hydroxylation sites is 1. The molecule has 3 rings (SSSR count). The fourth-order valence-corrected chi connectivity index (χ4v) is 2.35. The standard InChI is InChI=1S/C15H16N2O2/c18-15(17-8-11-5-6-19-10-11)13-7-12-3-1-2-4-14(12)16-9-13/h1-6,10,13,16H,7-9H2,(H,17,18). The van der Waals surface area contributed by atoms with Crippen LogP contribution in [0.5, 0.6) is 0 Å². The van der Waals surface area contributed by atoms with E-state index in [9.17, 15) is 4.79 Å². The fraction of sp³-hybridized carbons (Fsp3) is 0.267. The number of amides is 1. The minimum Gasteiger partial charge on any atom is -0.472 e. The van der Waals surface area contributed by atoms with Gasteiger partial charge in [-0.3, -0.25) is 4.79 Å². The maximum Gasteiger partial charge on any atom is 0.225 e. The van der Waals surface area contributed by atoms with E-state index in [1.165, 1.54) is 5.56 Å². The third kappa shape index (κ3) is 2.62. The van der Waals surface area contributed by atoms with Crippen LogP contribution in [0.4, 0.5) is 5.69 Å². The van der Waals surface area contributed by atoms with Crippen molar-refractivity contribution >= 4 is 11.6 Å². The van der Waals surface area contributed by atoms with Gasteiger partial charge in [0.1, 0.15) is 0 Å². The van der Waals surface area contributed by atoms with Crippen LogP contribution in [0, 0.1) is 5.92 Å². The number of fused-ring (bicyclic) bond motifs is 1. The first-order chi connectivity index (χ1) is 9.33. The number of carbonyl (C=O) groups is 1. The summed E-state index contributed by atoms with van der Waals surface area (Å²) in [5, 5.41) is 6.25. The Morgan fingerprint density at radius 1 is 1.37 bits per heavy atom. The maximum absolute atomic E-state index is 12.1. The zero-order chi connectivity index (χ0) is 13.1. The monoisotopic (exact) mass is 256 g/mol. The molecular weight excluding hydrogens is 240 g/mol. The van der Waals surface area contributed by atoms with Gasteiger partial charge in [-0.2, -0.15) is 0 Å². The molecule has 1 aromatic carbocycles. The smallest absolute Gasteiger partial charge is 0.225 e. The van der Waals surface area contributed by atoms with Crippen LogP contribution in [-0.2, 0) is 17.8 Å². The molecule has 2 aromatic rings. The molecule has 4 heteroatoms. The number of hydrogen-bond acceptors (Lipinski definition) is 3. The van der Waals surface area contributed by atoms with Gasteiger partial charge in [0.05, 0.1) is 18.4 Å². The largest absolute Gasteiger partial charge is 0.472 e. The molecule has 98 valence electrons. The first-order valence-corrected chi connectivity index (χ1v) is 6.43. The van der Waals surface area contributed by atoms with Crippen molar-refractivity contribution in [2.24, 2.45) is 5.92 Å². The summed E-state index contributed by atoms with van der Waals surface area (Å²) in [5.74, 6) is 0.0741. The van der Waals surface area contributed by atoms with Gasteiger partial charge in [-0.05, 0) is 24.1 Å². The van der Waals surface area contributed by atoms with Gasteiger partial charge in [0.2, 0.25) is 5.91 Å². The highest BCUT2D eigenvalue weighted by Gasteiger charge is 2.23. The predicted octanol–water partition coefficient (Wildman–Crippen LogP) is 2.18. The summed E-state index contributed by atoms with van der Waals surface area (Å²) >= 11 is 0. The zero-order valence-corrected chi connectivity index (χ0v) is 10.6. The van der Waals surface area contributed by atoms with E-state index in [4.69, 9.17) is 4.42 Å². The topological polar surface area (TPSA) is 54.3 Å². The Morgan fingerprint density at radius 2 is 2.26 bits per heavy atom. The molecule has 0 saturated heterocycles. The van der Waals surface area contributed by atoms with Crippen molar-refractivity contribution in [3.63, 3.8) is 0 Å². The molecule has 4 nitrogen and oxygen atoms in total. The number of rotatable bonds is 3. The lowest BCUT2D eigenvalue weighted by molar-refractivity contribution is -0.124. The number of furan rings is 1. The molecule has 1 unspecified atom stereocenters. The molecule has 0 aliphatic carbocycles. The maximum atomic E-state index is 12.1. The Labute approximate surface area is 111 Å². The third-order valence-corrected chi connectivity index (χ3v) is 3.44. The Bertz CT molecular complexity index is 563. The molecular formula is C15H16N2O2. The van der Waals surface area contributed by atoms with Crippen molar-refractivity contribution in [1.29, 1.82) is 0 Å². The van der Waals surface area contributed by atoms with E-state index in [-0.39, 0.29) is 11.8 Å². The Morgan fingerprint density at radius 3 is 3.11 bits per heavy atom. The zero-order valence-electron chi connectivity index (χ0n) is 10.6. The molecule has 0 spiro atoms. The van der Waals surface area contributed by atoms with Crippen molar-refractivity contribution < 1.29 is 9.21 Å². The molecule has 0 bridgehead atoms. The lowest BCUT2D eigenvalue weighted by Crippen LogP contribution is -2.37. The molecule has 1 aliphatic rings. The normalized spacial score (nSPS) is 17.4. The van der Waals surface area contributed by atoms with Gasteiger partial charge in [-0.25, -0.2) is 0 Å². The number of anilines is 1. The van der Waals surface area contributed by atoms with Crippen LogP contribution in [0.25, 0.3) is 0 Å². The molecule has 2 N–H and O–H groups in total. The minimum atomic E-state index is -0.0122. The molecule has 1 amide bonds. The SMILES string of the molecule is O=C(NCc1ccoc1)C1CNc2ccccc2C1. The van der Waals surface area contributed by atoms with Crippen LogP contribution >= 0.6 is 0 Å². The summed E-state index contributed by atoms with van der Waals surface area (Å²) in [6, 6.07) is 9.99. The van der Waals surface area contributed by atoms with E-state index in [0.717, 1.165) is 17.7 Å². The average molecular weight is 256 g/mol. The lowest BCUT2D eigenvalue weighted by Gasteiger charge is -2.25. The highest BCUT2D eigenvalue weighted by molar-refractivity contribution is 5.80. The van der Waals surface area contributed by atoms with Crippen molar-refractivity contribution in [3.05, 3.63) is 54.0 Å². The van der Waals surface area contributed by atoms with E-state index in [1.807, 2.05) is 18.2 Å². The summed E-state index contributed by atoms with van der Waals surface area (Å²) in [6.45, 7) is 1.21. The van der Waals surface area contributed by atoms with Gasteiger partial charge >= 0.3 is 0 Å². The first-order valence-electron chi connectivity index (χ1n) is 6.43. The van der Waals surface area contributed by atoms with E-state index < -0.39 is 0 Å². The highest BCUT2D eigenvalue weighted by atomic mass is 16.3. The molecule has 2 heterocycles. The van der Waals surface area contributed by atoms with Gasteiger partial charge in [-0.15, -0.1) is 0 Å². The molecule has 0 saturated carbocycles. The molecule has 1 aliphatic heterocycles. The quantitative estimate of drug-likeness (QED) is 0.885.